The number of allylic oxidation sites excluding steroid dienone is 6. The summed E-state index contributed by atoms with van der Waals surface area (Å²) in [5.74, 6) is 0. The smallest absolute Gasteiger partial charge is 0.0382 e. The molecule has 0 heterocycles. The molecule has 0 saturated carbocycles. The van der Waals surface area contributed by atoms with Crippen LogP contribution in [0.1, 0.15) is 41.0 Å². The second kappa shape index (κ2) is 22.7. The van der Waals surface area contributed by atoms with Crippen LogP contribution in [0.3, 0.4) is 0 Å². The average molecular weight is 194 g/mol. The number of hydrogen-bond acceptors (Lipinski definition) is 0. The summed E-state index contributed by atoms with van der Waals surface area (Å²) in [6, 6.07) is 0. The van der Waals surface area contributed by atoms with Gasteiger partial charge in [0.2, 0.25) is 0 Å². The van der Waals surface area contributed by atoms with Crippen LogP contribution in [0.4, 0.5) is 0 Å². The fourth-order valence-electron chi connectivity index (χ4n) is 0.504. The van der Waals surface area contributed by atoms with Gasteiger partial charge in [-0.05, 0) is 20.3 Å². The topological polar surface area (TPSA) is 0 Å². The zero-order chi connectivity index (χ0) is 11.8. The summed E-state index contributed by atoms with van der Waals surface area (Å²) in [4.78, 5) is 0. The van der Waals surface area contributed by atoms with E-state index in [0.717, 1.165) is 6.42 Å². The van der Waals surface area contributed by atoms with E-state index in [1.54, 1.807) is 6.08 Å². The summed E-state index contributed by atoms with van der Waals surface area (Å²) in [6.45, 7) is 17.2. The predicted molar refractivity (Wildman–Crippen MR) is 70.6 cm³/mol. The highest BCUT2D eigenvalue weighted by molar-refractivity contribution is 5.19. The Balaban J connectivity index is -0.000000170. The van der Waals surface area contributed by atoms with E-state index in [4.69, 9.17) is 0 Å². The third-order valence-corrected chi connectivity index (χ3v) is 1.10. The molecule has 0 radical (unpaired) electrons. The molecule has 0 aliphatic heterocycles. The van der Waals surface area contributed by atoms with E-state index >= 15 is 0 Å². The molecule has 0 nitrogen and oxygen atoms in total. The molecule has 82 valence electrons. The Labute approximate surface area is 90.7 Å². The van der Waals surface area contributed by atoms with Crippen LogP contribution in [0.25, 0.3) is 0 Å². The molecule has 0 fully saturated rings. The normalized spacial score (nSPS) is 9.36. The molecule has 0 spiro atoms. The fraction of sp³-hybridized carbons (Fsp3) is 0.429. The molecule has 0 aliphatic rings. The minimum absolute atomic E-state index is 1.08. The highest BCUT2D eigenvalue weighted by atomic mass is 13.8. The minimum atomic E-state index is 1.08. The first kappa shape index (κ1) is 18.7. The molecular weight excluding hydrogens is 168 g/mol. The largest absolute Gasteiger partial charge is 0.103 e. The van der Waals surface area contributed by atoms with Crippen molar-refractivity contribution < 1.29 is 0 Å². The van der Waals surface area contributed by atoms with E-state index in [1.165, 1.54) is 5.57 Å². The van der Waals surface area contributed by atoms with Gasteiger partial charge >= 0.3 is 0 Å². The van der Waals surface area contributed by atoms with Crippen LogP contribution in [0.2, 0.25) is 0 Å². The first-order chi connectivity index (χ1) is 6.72. The lowest BCUT2D eigenvalue weighted by molar-refractivity contribution is 1.23. The molecule has 14 heavy (non-hydrogen) atoms. The minimum Gasteiger partial charge on any atom is -0.103 e. The van der Waals surface area contributed by atoms with Crippen LogP contribution in [-0.2, 0) is 0 Å². The maximum Gasteiger partial charge on any atom is -0.0382 e. The standard InChI is InChI=1S/C8H12.C4H8.C2H6/c1-4-6-8(3)7-5-2;1-3-4-2;1-2/h4-7H,1H2,2-3H3;3H,1,4H2,2H3;1-2H3/b7-5-,8-6-;;. The van der Waals surface area contributed by atoms with E-state index in [0.29, 0.717) is 0 Å². The molecule has 0 heteroatoms. The quantitative estimate of drug-likeness (QED) is 0.422. The summed E-state index contributed by atoms with van der Waals surface area (Å²) >= 11 is 0. The fourth-order valence-corrected chi connectivity index (χ4v) is 0.504. The van der Waals surface area contributed by atoms with Gasteiger partial charge in [-0.3, -0.25) is 0 Å². The van der Waals surface area contributed by atoms with E-state index < -0.39 is 0 Å². The van der Waals surface area contributed by atoms with E-state index in [1.807, 2.05) is 52.0 Å². The average Bonchev–Trinajstić information content (AvgIpc) is 2.22. The zero-order valence-corrected chi connectivity index (χ0v) is 10.5. The van der Waals surface area contributed by atoms with Gasteiger partial charge in [0, 0.05) is 0 Å². The Hall–Kier alpha value is -1.04. The molecule has 0 aromatic rings. The monoisotopic (exact) mass is 194 g/mol. The van der Waals surface area contributed by atoms with Gasteiger partial charge in [0.1, 0.15) is 0 Å². The summed E-state index contributed by atoms with van der Waals surface area (Å²) < 4.78 is 0. The third kappa shape index (κ3) is 30.6. The lowest BCUT2D eigenvalue weighted by Gasteiger charge is -1.82. The van der Waals surface area contributed by atoms with Crippen molar-refractivity contribution in [1.29, 1.82) is 0 Å². The maximum absolute atomic E-state index is 3.57. The second-order valence-corrected chi connectivity index (χ2v) is 2.34. The Kier molecular flexibility index (Phi) is 30.3. The van der Waals surface area contributed by atoms with Gasteiger partial charge in [0.15, 0.2) is 0 Å². The molecule has 0 bridgehead atoms. The Morgan fingerprint density at radius 2 is 1.64 bits per heavy atom. The van der Waals surface area contributed by atoms with Crippen LogP contribution in [0.15, 0.2) is 49.1 Å². The first-order valence-corrected chi connectivity index (χ1v) is 5.25. The molecule has 0 N–H and O–H groups in total. The van der Waals surface area contributed by atoms with Gasteiger partial charge in [0.25, 0.3) is 0 Å². The van der Waals surface area contributed by atoms with E-state index in [-0.39, 0.29) is 0 Å². The summed E-state index contributed by atoms with van der Waals surface area (Å²) in [6.07, 6.45) is 10.8. The van der Waals surface area contributed by atoms with Crippen molar-refractivity contribution in [2.75, 3.05) is 0 Å². The Morgan fingerprint density at radius 1 is 1.21 bits per heavy atom. The Bertz CT molecular complexity index is 159. The van der Waals surface area contributed by atoms with Crippen molar-refractivity contribution in [3.63, 3.8) is 0 Å². The van der Waals surface area contributed by atoms with Crippen LogP contribution >= 0.6 is 0 Å². The van der Waals surface area contributed by atoms with Crippen molar-refractivity contribution >= 4 is 0 Å². The van der Waals surface area contributed by atoms with Crippen LogP contribution in [-0.4, -0.2) is 0 Å². The van der Waals surface area contributed by atoms with Crippen molar-refractivity contribution in [2.24, 2.45) is 0 Å². The van der Waals surface area contributed by atoms with E-state index in [9.17, 15) is 0 Å². The van der Waals surface area contributed by atoms with E-state index in [2.05, 4.69) is 20.1 Å². The van der Waals surface area contributed by atoms with Gasteiger partial charge in [-0.1, -0.05) is 63.3 Å². The van der Waals surface area contributed by atoms with Crippen LogP contribution in [0.5, 0.6) is 0 Å². The van der Waals surface area contributed by atoms with Gasteiger partial charge in [-0.2, -0.15) is 0 Å². The van der Waals surface area contributed by atoms with Crippen LogP contribution < -0.4 is 0 Å². The van der Waals surface area contributed by atoms with Gasteiger partial charge in [-0.25, -0.2) is 0 Å². The number of hydrogen-bond donors (Lipinski definition) is 0. The molecule has 0 saturated heterocycles. The molecule has 0 amide bonds. The van der Waals surface area contributed by atoms with Gasteiger partial charge < -0.3 is 0 Å². The SMILES string of the molecule is C=C/C=C(C)\C=C/C.C=CCC.CC. The molecule has 0 rings (SSSR count). The maximum atomic E-state index is 3.57. The highest BCUT2D eigenvalue weighted by Gasteiger charge is 1.71. The van der Waals surface area contributed by atoms with Crippen molar-refractivity contribution in [3.8, 4) is 0 Å². The lowest BCUT2D eigenvalue weighted by atomic mass is 10.2. The third-order valence-electron chi connectivity index (χ3n) is 1.10. The summed E-state index contributed by atoms with van der Waals surface area (Å²) in [5, 5.41) is 0. The molecule has 0 unspecified atom stereocenters. The molecule has 0 aromatic carbocycles. The highest BCUT2D eigenvalue weighted by Crippen LogP contribution is 1.92. The number of rotatable bonds is 3. The van der Waals surface area contributed by atoms with Gasteiger partial charge in [0.05, 0.1) is 0 Å². The zero-order valence-electron chi connectivity index (χ0n) is 10.5. The first-order valence-electron chi connectivity index (χ1n) is 5.25. The molecule has 0 atom stereocenters. The van der Waals surface area contributed by atoms with Gasteiger partial charge in [-0.15, -0.1) is 6.58 Å². The molecular formula is C14H26. The predicted octanol–water partition coefficient (Wildman–Crippen LogP) is 5.30. The van der Waals surface area contributed by atoms with Crippen molar-refractivity contribution in [1.82, 2.24) is 0 Å². The molecule has 0 aliphatic carbocycles. The Morgan fingerprint density at radius 3 is 1.86 bits per heavy atom. The van der Waals surface area contributed by atoms with Crippen molar-refractivity contribution in [2.45, 2.75) is 41.0 Å². The van der Waals surface area contributed by atoms with Crippen LogP contribution in [0, 0.1) is 0 Å². The van der Waals surface area contributed by atoms with Crippen molar-refractivity contribution in [3.05, 3.63) is 49.1 Å². The second-order valence-electron chi connectivity index (χ2n) is 2.34. The summed E-state index contributed by atoms with van der Waals surface area (Å²) in [5.41, 5.74) is 1.24. The lowest BCUT2D eigenvalue weighted by Crippen LogP contribution is -1.61. The molecule has 0 aromatic heterocycles. The summed E-state index contributed by atoms with van der Waals surface area (Å²) in [7, 11) is 0.